The summed E-state index contributed by atoms with van der Waals surface area (Å²) >= 11 is 5.85. The first-order valence-corrected chi connectivity index (χ1v) is 8.54. The Kier molecular flexibility index (Phi) is 5.50. The van der Waals surface area contributed by atoms with Gasteiger partial charge in [-0.2, -0.15) is 0 Å². The maximum absolute atomic E-state index is 12.0. The summed E-state index contributed by atoms with van der Waals surface area (Å²) in [5.74, 6) is 0.260. The van der Waals surface area contributed by atoms with E-state index < -0.39 is 0 Å². The first-order chi connectivity index (χ1) is 12.1. The summed E-state index contributed by atoms with van der Waals surface area (Å²) in [5, 5.41) is 5.75. The molecule has 1 saturated heterocycles. The molecule has 1 aromatic heterocycles. The molecular formula is C18H19ClN4O2. The van der Waals surface area contributed by atoms with Crippen LogP contribution in [0.2, 0.25) is 5.02 Å². The van der Waals surface area contributed by atoms with Gasteiger partial charge in [-0.25, -0.2) is 4.98 Å². The first-order valence-electron chi connectivity index (χ1n) is 8.16. The molecule has 1 fully saturated rings. The quantitative estimate of drug-likeness (QED) is 0.861. The Morgan fingerprint density at radius 2 is 1.96 bits per heavy atom. The molecule has 130 valence electrons. The lowest BCUT2D eigenvalue weighted by Gasteiger charge is -2.16. The highest BCUT2D eigenvalue weighted by molar-refractivity contribution is 6.31. The van der Waals surface area contributed by atoms with E-state index in [2.05, 4.69) is 20.5 Å². The van der Waals surface area contributed by atoms with Crippen molar-refractivity contribution in [3.8, 4) is 0 Å². The average Bonchev–Trinajstić information content (AvgIpc) is 3.15. The topological polar surface area (TPSA) is 74.3 Å². The third kappa shape index (κ3) is 4.70. The molecule has 0 bridgehead atoms. The van der Waals surface area contributed by atoms with E-state index >= 15 is 0 Å². The minimum absolute atomic E-state index is 0.126. The van der Waals surface area contributed by atoms with Crippen molar-refractivity contribution < 1.29 is 9.59 Å². The van der Waals surface area contributed by atoms with Gasteiger partial charge >= 0.3 is 0 Å². The van der Waals surface area contributed by atoms with Gasteiger partial charge in [-0.15, -0.1) is 0 Å². The number of benzene rings is 1. The predicted octanol–water partition coefficient (Wildman–Crippen LogP) is 2.70. The van der Waals surface area contributed by atoms with Gasteiger partial charge in [0.1, 0.15) is 5.82 Å². The molecule has 6 nitrogen and oxygen atoms in total. The molecule has 2 N–H and O–H groups in total. The monoisotopic (exact) mass is 358 g/mol. The second kappa shape index (κ2) is 7.98. The van der Waals surface area contributed by atoms with Crippen LogP contribution in [-0.4, -0.2) is 36.4 Å². The summed E-state index contributed by atoms with van der Waals surface area (Å²) < 4.78 is 0. The van der Waals surface area contributed by atoms with Crippen molar-refractivity contribution in [1.29, 1.82) is 0 Å². The number of anilines is 2. The molecule has 0 atom stereocenters. The summed E-state index contributed by atoms with van der Waals surface area (Å²) in [6.45, 7) is 1.92. The Bertz CT molecular complexity index is 758. The number of carbonyl (C=O) groups is 2. The van der Waals surface area contributed by atoms with E-state index in [1.54, 1.807) is 30.5 Å². The average molecular weight is 359 g/mol. The lowest BCUT2D eigenvalue weighted by molar-refractivity contribution is -0.115. The van der Waals surface area contributed by atoms with Crippen LogP contribution in [0, 0.1) is 0 Å². The zero-order chi connectivity index (χ0) is 17.6. The van der Waals surface area contributed by atoms with Gasteiger partial charge in [0, 0.05) is 23.7 Å². The number of hydrogen-bond acceptors (Lipinski definition) is 4. The number of carbonyl (C=O) groups excluding carboxylic acids is 2. The van der Waals surface area contributed by atoms with Crippen LogP contribution in [0.15, 0.2) is 42.6 Å². The van der Waals surface area contributed by atoms with Crippen LogP contribution in [0.5, 0.6) is 0 Å². The van der Waals surface area contributed by atoms with Crippen LogP contribution in [0.4, 0.5) is 11.5 Å². The zero-order valence-corrected chi connectivity index (χ0v) is 14.4. The van der Waals surface area contributed by atoms with Crippen molar-refractivity contribution in [1.82, 2.24) is 10.3 Å². The highest BCUT2D eigenvalue weighted by Gasteiger charge is 2.13. The molecule has 1 aliphatic heterocycles. The largest absolute Gasteiger partial charge is 0.357 e. The first kappa shape index (κ1) is 17.2. The van der Waals surface area contributed by atoms with E-state index in [0.717, 1.165) is 18.9 Å². The Morgan fingerprint density at radius 3 is 2.64 bits per heavy atom. The molecule has 0 unspecified atom stereocenters. The summed E-state index contributed by atoms with van der Waals surface area (Å²) in [6.07, 6.45) is 4.00. The lowest BCUT2D eigenvalue weighted by atomic mass is 10.2. The Balaban J connectivity index is 1.49. The number of amides is 2. The minimum Gasteiger partial charge on any atom is -0.357 e. The van der Waals surface area contributed by atoms with Crippen molar-refractivity contribution in [3.63, 3.8) is 0 Å². The van der Waals surface area contributed by atoms with E-state index in [4.69, 9.17) is 11.6 Å². The second-order valence-electron chi connectivity index (χ2n) is 5.84. The van der Waals surface area contributed by atoms with Gasteiger partial charge < -0.3 is 15.5 Å². The van der Waals surface area contributed by atoms with Crippen molar-refractivity contribution in [2.24, 2.45) is 0 Å². The van der Waals surface area contributed by atoms with Crippen LogP contribution >= 0.6 is 11.6 Å². The van der Waals surface area contributed by atoms with Crippen LogP contribution in [0.1, 0.15) is 23.2 Å². The molecule has 0 radical (unpaired) electrons. The molecule has 7 heteroatoms. The Morgan fingerprint density at radius 1 is 1.16 bits per heavy atom. The van der Waals surface area contributed by atoms with Crippen molar-refractivity contribution in [3.05, 3.63) is 53.2 Å². The van der Waals surface area contributed by atoms with Crippen molar-refractivity contribution in [2.45, 2.75) is 12.8 Å². The smallest absolute Gasteiger partial charge is 0.251 e. The Hall–Kier alpha value is -2.60. The maximum Gasteiger partial charge on any atom is 0.251 e. The van der Waals surface area contributed by atoms with E-state index in [-0.39, 0.29) is 18.4 Å². The molecular weight excluding hydrogens is 340 g/mol. The molecule has 0 aliphatic carbocycles. The third-order valence-corrected chi connectivity index (χ3v) is 4.19. The molecule has 0 spiro atoms. The van der Waals surface area contributed by atoms with Gasteiger partial charge in [0.05, 0.1) is 18.4 Å². The second-order valence-corrected chi connectivity index (χ2v) is 6.28. The number of nitrogens with one attached hydrogen (secondary N) is 2. The molecule has 2 heterocycles. The summed E-state index contributed by atoms with van der Waals surface area (Å²) in [6, 6.07) is 10.3. The number of halogens is 1. The number of pyridine rings is 1. The highest BCUT2D eigenvalue weighted by Crippen LogP contribution is 2.19. The number of aromatic nitrogens is 1. The summed E-state index contributed by atoms with van der Waals surface area (Å²) in [4.78, 5) is 30.5. The van der Waals surface area contributed by atoms with E-state index in [1.165, 1.54) is 12.8 Å². The minimum atomic E-state index is -0.347. The van der Waals surface area contributed by atoms with Crippen molar-refractivity contribution >= 4 is 34.9 Å². The number of nitrogens with zero attached hydrogens (tertiary/aromatic N) is 2. The molecule has 0 saturated carbocycles. The molecule has 1 aromatic carbocycles. The van der Waals surface area contributed by atoms with E-state index in [0.29, 0.717) is 16.3 Å². The normalized spacial score (nSPS) is 13.6. The number of rotatable bonds is 5. The van der Waals surface area contributed by atoms with E-state index in [1.807, 2.05) is 12.1 Å². The standard InChI is InChI=1S/C18H19ClN4O2/c19-14-5-3-4-13(10-14)18(25)21-12-17(24)22-15-6-7-16(20-11-15)23-8-1-2-9-23/h3-7,10-11H,1-2,8-9,12H2,(H,21,25)(H,22,24). The molecule has 25 heavy (non-hydrogen) atoms. The van der Waals surface area contributed by atoms with Gasteiger partial charge in [-0.1, -0.05) is 17.7 Å². The fraction of sp³-hybridized carbons (Fsp3) is 0.278. The lowest BCUT2D eigenvalue weighted by Crippen LogP contribution is -2.32. The fourth-order valence-corrected chi connectivity index (χ4v) is 2.88. The SMILES string of the molecule is O=C(CNC(=O)c1cccc(Cl)c1)Nc1ccc(N2CCCC2)nc1. The molecule has 1 aliphatic rings. The fourth-order valence-electron chi connectivity index (χ4n) is 2.69. The summed E-state index contributed by atoms with van der Waals surface area (Å²) in [7, 11) is 0. The Labute approximate surface area is 151 Å². The molecule has 3 rings (SSSR count). The van der Waals surface area contributed by atoms with Crippen LogP contribution in [0.25, 0.3) is 0 Å². The van der Waals surface area contributed by atoms with Crippen LogP contribution < -0.4 is 15.5 Å². The van der Waals surface area contributed by atoms with Gasteiger partial charge in [-0.3, -0.25) is 9.59 Å². The third-order valence-electron chi connectivity index (χ3n) is 3.96. The molecule has 2 amide bonds. The highest BCUT2D eigenvalue weighted by atomic mass is 35.5. The molecule has 2 aromatic rings. The maximum atomic E-state index is 12.0. The van der Waals surface area contributed by atoms with Crippen LogP contribution in [-0.2, 0) is 4.79 Å². The van der Waals surface area contributed by atoms with Gasteiger partial charge in [0.2, 0.25) is 5.91 Å². The van der Waals surface area contributed by atoms with Crippen LogP contribution in [0.3, 0.4) is 0 Å². The summed E-state index contributed by atoms with van der Waals surface area (Å²) in [5.41, 5.74) is 1.02. The van der Waals surface area contributed by atoms with Gasteiger partial charge in [-0.05, 0) is 43.2 Å². The van der Waals surface area contributed by atoms with Gasteiger partial charge in [0.15, 0.2) is 0 Å². The number of hydrogen-bond donors (Lipinski definition) is 2. The van der Waals surface area contributed by atoms with Gasteiger partial charge in [0.25, 0.3) is 5.91 Å². The van der Waals surface area contributed by atoms with E-state index in [9.17, 15) is 9.59 Å². The predicted molar refractivity (Wildman–Crippen MR) is 98.1 cm³/mol. The zero-order valence-electron chi connectivity index (χ0n) is 13.7. The van der Waals surface area contributed by atoms with Crippen molar-refractivity contribution in [2.75, 3.05) is 29.9 Å².